The highest BCUT2D eigenvalue weighted by Crippen LogP contribution is 2.20. The molecule has 8 heteroatoms. The molecule has 1 aromatic carbocycles. The van der Waals surface area contributed by atoms with Gasteiger partial charge in [-0.1, -0.05) is 29.8 Å². The average molecular weight is 316 g/mol. The number of terminal acetylenes is 1. The first-order valence-corrected chi connectivity index (χ1v) is 7.16. The van der Waals surface area contributed by atoms with Gasteiger partial charge >= 0.3 is 5.69 Å². The number of hydrogen-bond donors (Lipinski definition) is 2. The van der Waals surface area contributed by atoms with E-state index in [1.807, 2.05) is 0 Å². The molecule has 2 heterocycles. The van der Waals surface area contributed by atoms with Crippen LogP contribution in [0.3, 0.4) is 0 Å². The van der Waals surface area contributed by atoms with Crippen molar-refractivity contribution >= 4 is 17.4 Å². The molecule has 0 aliphatic rings. The number of nitrogens with one attached hydrogen (secondary N) is 2. The summed E-state index contributed by atoms with van der Waals surface area (Å²) in [7, 11) is 0. The Morgan fingerprint density at radius 1 is 1.32 bits per heavy atom. The lowest BCUT2D eigenvalue weighted by atomic mass is 10.1. The van der Waals surface area contributed by atoms with E-state index in [9.17, 15) is 14.0 Å². The maximum absolute atomic E-state index is 13.0. The number of thioether (sulfide) groups is 1. The minimum Gasteiger partial charge on any atom is -0.285 e. The largest absolute Gasteiger partial charge is 0.348 e. The molecule has 2 N–H and O–H groups in total. The van der Waals surface area contributed by atoms with Crippen LogP contribution < -0.4 is 11.2 Å². The van der Waals surface area contributed by atoms with Crippen LogP contribution in [0.4, 0.5) is 4.39 Å². The third-order valence-corrected chi connectivity index (χ3v) is 3.70. The molecule has 3 rings (SSSR count). The van der Waals surface area contributed by atoms with E-state index in [2.05, 4.69) is 21.0 Å². The highest BCUT2D eigenvalue weighted by molar-refractivity contribution is 7.99. The first kappa shape index (κ1) is 14.2. The molecule has 22 heavy (non-hydrogen) atoms. The number of aromatic nitrogens is 4. The Morgan fingerprint density at radius 3 is 2.73 bits per heavy atom. The second-order valence-corrected chi connectivity index (χ2v) is 5.29. The van der Waals surface area contributed by atoms with Gasteiger partial charge in [0.15, 0.2) is 10.8 Å². The van der Waals surface area contributed by atoms with Crippen LogP contribution in [0.2, 0.25) is 0 Å². The van der Waals surface area contributed by atoms with E-state index in [1.165, 1.54) is 36.0 Å². The molecular weight excluding hydrogens is 307 g/mol. The third-order valence-electron chi connectivity index (χ3n) is 2.93. The van der Waals surface area contributed by atoms with Gasteiger partial charge in [0.25, 0.3) is 5.56 Å². The minimum absolute atomic E-state index is 0.167. The fourth-order valence-electron chi connectivity index (χ4n) is 2.00. The molecule has 3 aromatic rings. The summed E-state index contributed by atoms with van der Waals surface area (Å²) < 4.78 is 14.0. The molecule has 0 radical (unpaired) electrons. The number of benzene rings is 1. The van der Waals surface area contributed by atoms with Crippen molar-refractivity contribution in [3.63, 3.8) is 0 Å². The highest BCUT2D eigenvalue weighted by Gasteiger charge is 2.15. The van der Waals surface area contributed by atoms with Crippen LogP contribution in [0.25, 0.3) is 16.8 Å². The number of fused-ring (bicyclic) bond motifs is 1. The SMILES string of the molecule is C#CCSc1nc2c(-c3ccc(F)cc3)c(=O)[nH]n2c(=O)[nH]1. The molecule has 0 amide bonds. The van der Waals surface area contributed by atoms with Gasteiger partial charge in [-0.25, -0.2) is 14.2 Å². The molecule has 0 bridgehead atoms. The first-order valence-electron chi connectivity index (χ1n) is 6.17. The van der Waals surface area contributed by atoms with Crippen molar-refractivity contribution in [2.75, 3.05) is 5.75 Å². The summed E-state index contributed by atoms with van der Waals surface area (Å²) in [5.41, 5.74) is -0.177. The molecule has 0 spiro atoms. The van der Waals surface area contributed by atoms with Crippen LogP contribution in [-0.2, 0) is 0 Å². The fraction of sp³-hybridized carbons (Fsp3) is 0.0714. The van der Waals surface area contributed by atoms with Gasteiger partial charge < -0.3 is 0 Å². The summed E-state index contributed by atoms with van der Waals surface area (Å²) in [6.07, 6.45) is 5.18. The molecule has 0 unspecified atom stereocenters. The summed E-state index contributed by atoms with van der Waals surface area (Å²) in [6, 6.07) is 5.38. The van der Waals surface area contributed by atoms with Gasteiger partial charge in [-0.05, 0) is 17.7 Å². The molecular formula is C14H9FN4O2S. The predicted molar refractivity (Wildman–Crippen MR) is 81.4 cm³/mol. The summed E-state index contributed by atoms with van der Waals surface area (Å²) in [4.78, 5) is 30.8. The van der Waals surface area contributed by atoms with Crippen molar-refractivity contribution in [2.24, 2.45) is 0 Å². The van der Waals surface area contributed by atoms with Crippen molar-refractivity contribution in [3.8, 4) is 23.5 Å². The Kier molecular flexibility index (Phi) is 3.56. The molecule has 0 saturated carbocycles. The van der Waals surface area contributed by atoms with Gasteiger partial charge in [0.1, 0.15) is 5.82 Å². The van der Waals surface area contributed by atoms with E-state index >= 15 is 0 Å². The fourth-order valence-corrected chi connectivity index (χ4v) is 2.53. The topological polar surface area (TPSA) is 83.0 Å². The number of nitrogens with zero attached hydrogens (tertiary/aromatic N) is 2. The Balaban J connectivity index is 2.26. The average Bonchev–Trinajstić information content (AvgIpc) is 2.83. The molecule has 0 saturated heterocycles. The quantitative estimate of drug-likeness (QED) is 0.562. The van der Waals surface area contributed by atoms with E-state index in [1.54, 1.807) is 0 Å². The van der Waals surface area contributed by atoms with Gasteiger partial charge in [-0.15, -0.1) is 6.42 Å². The number of hydrogen-bond acceptors (Lipinski definition) is 4. The second kappa shape index (κ2) is 5.54. The molecule has 110 valence electrons. The van der Waals surface area contributed by atoms with Crippen LogP contribution >= 0.6 is 11.8 Å². The first-order chi connectivity index (χ1) is 10.6. The van der Waals surface area contributed by atoms with Gasteiger partial charge in [0.2, 0.25) is 0 Å². The lowest BCUT2D eigenvalue weighted by Gasteiger charge is -2.01. The monoisotopic (exact) mass is 316 g/mol. The van der Waals surface area contributed by atoms with E-state index in [-0.39, 0.29) is 11.2 Å². The zero-order valence-electron chi connectivity index (χ0n) is 11.1. The van der Waals surface area contributed by atoms with Crippen LogP contribution in [0, 0.1) is 18.2 Å². The Labute approximate surface area is 127 Å². The predicted octanol–water partition coefficient (Wildman–Crippen LogP) is 1.24. The number of rotatable bonds is 3. The van der Waals surface area contributed by atoms with E-state index < -0.39 is 17.1 Å². The lowest BCUT2D eigenvalue weighted by molar-refractivity contribution is 0.628. The highest BCUT2D eigenvalue weighted by atomic mass is 32.2. The van der Waals surface area contributed by atoms with Crippen LogP contribution in [-0.4, -0.2) is 25.3 Å². The Morgan fingerprint density at radius 2 is 2.05 bits per heavy atom. The maximum Gasteiger partial charge on any atom is 0.348 e. The molecule has 0 aliphatic heterocycles. The Hall–Kier alpha value is -2.79. The van der Waals surface area contributed by atoms with E-state index in [4.69, 9.17) is 6.42 Å². The van der Waals surface area contributed by atoms with Crippen molar-refractivity contribution in [2.45, 2.75) is 5.16 Å². The van der Waals surface area contributed by atoms with Gasteiger partial charge in [0.05, 0.1) is 11.3 Å². The second-order valence-electron chi connectivity index (χ2n) is 4.32. The minimum atomic E-state index is -0.532. The molecule has 0 atom stereocenters. The summed E-state index contributed by atoms with van der Waals surface area (Å²) in [5.74, 6) is 2.34. The smallest absolute Gasteiger partial charge is 0.285 e. The van der Waals surface area contributed by atoms with Crippen molar-refractivity contribution in [3.05, 3.63) is 50.9 Å². The Bertz CT molecular complexity index is 995. The molecule has 2 aromatic heterocycles. The maximum atomic E-state index is 13.0. The molecule has 0 aliphatic carbocycles. The normalized spacial score (nSPS) is 10.7. The zero-order valence-corrected chi connectivity index (χ0v) is 11.9. The number of halogens is 1. The van der Waals surface area contributed by atoms with E-state index in [0.717, 1.165) is 4.52 Å². The van der Waals surface area contributed by atoms with Crippen molar-refractivity contribution in [1.29, 1.82) is 0 Å². The van der Waals surface area contributed by atoms with Crippen molar-refractivity contribution < 1.29 is 4.39 Å². The zero-order chi connectivity index (χ0) is 15.7. The van der Waals surface area contributed by atoms with Crippen molar-refractivity contribution in [1.82, 2.24) is 19.6 Å². The molecule has 6 nitrogen and oxygen atoms in total. The van der Waals surface area contributed by atoms with E-state index in [0.29, 0.717) is 16.5 Å². The standard InChI is InChI=1S/C14H9FN4O2S/c1-2-7-22-13-16-11-10(8-3-5-9(15)6-4-8)12(20)18-19(11)14(21)17-13/h1,3-6H,7H2,(H,18,20)(H,16,17,21). The summed E-state index contributed by atoms with van der Waals surface area (Å²) in [5, 5.41) is 2.71. The molecule has 0 fully saturated rings. The van der Waals surface area contributed by atoms with Crippen LogP contribution in [0.15, 0.2) is 39.0 Å². The van der Waals surface area contributed by atoms with Crippen LogP contribution in [0.5, 0.6) is 0 Å². The number of H-pyrrole nitrogens is 2. The van der Waals surface area contributed by atoms with Crippen LogP contribution in [0.1, 0.15) is 0 Å². The van der Waals surface area contributed by atoms with Gasteiger partial charge in [-0.3, -0.25) is 14.9 Å². The number of aromatic amines is 2. The van der Waals surface area contributed by atoms with Gasteiger partial charge in [-0.2, -0.15) is 4.52 Å². The summed E-state index contributed by atoms with van der Waals surface area (Å²) in [6.45, 7) is 0. The summed E-state index contributed by atoms with van der Waals surface area (Å²) >= 11 is 1.17. The third kappa shape index (κ3) is 2.42. The van der Waals surface area contributed by atoms with Gasteiger partial charge in [0, 0.05) is 0 Å². The lowest BCUT2D eigenvalue weighted by Crippen LogP contribution is -2.20.